The van der Waals surface area contributed by atoms with Crippen molar-refractivity contribution in [2.45, 2.75) is 19.6 Å². The Morgan fingerprint density at radius 2 is 2.00 bits per heavy atom. The zero-order chi connectivity index (χ0) is 7.90. The van der Waals surface area contributed by atoms with Gasteiger partial charge in [0.2, 0.25) is 5.79 Å². The van der Waals surface area contributed by atoms with Crippen molar-refractivity contribution in [2.24, 2.45) is 0 Å². The zero-order valence-electron chi connectivity index (χ0n) is 6.24. The predicted molar refractivity (Wildman–Crippen MR) is 35.2 cm³/mol. The summed E-state index contributed by atoms with van der Waals surface area (Å²) in [6.45, 7) is 3.58. The van der Waals surface area contributed by atoms with Crippen LogP contribution < -0.4 is 9.47 Å². The van der Waals surface area contributed by atoms with Crippen molar-refractivity contribution in [3.05, 3.63) is 6.33 Å². The second kappa shape index (κ2) is 1.81. The molecule has 1 aromatic rings. The van der Waals surface area contributed by atoms with Crippen LogP contribution in [-0.2, 0) is 0 Å². The molecule has 5 nitrogen and oxygen atoms in total. The number of rotatable bonds is 0. The van der Waals surface area contributed by atoms with E-state index in [1.54, 1.807) is 13.8 Å². The quantitative estimate of drug-likeness (QED) is 0.539. The number of ether oxygens (including phenoxy) is 2. The van der Waals surface area contributed by atoms with Gasteiger partial charge in [0, 0.05) is 13.8 Å². The fourth-order valence-corrected chi connectivity index (χ4v) is 0.875. The minimum atomic E-state index is -0.661. The van der Waals surface area contributed by atoms with Crippen molar-refractivity contribution in [1.29, 1.82) is 0 Å². The number of aromatic nitrogens is 3. The lowest BCUT2D eigenvalue weighted by atomic mass is 10.4. The predicted octanol–water partition coefficient (Wildman–Crippen LogP) is 0.379. The summed E-state index contributed by atoms with van der Waals surface area (Å²) in [4.78, 5) is 3.83. The highest BCUT2D eigenvalue weighted by Gasteiger charge is 2.34. The highest BCUT2D eigenvalue weighted by molar-refractivity contribution is 5.26. The third-order valence-electron chi connectivity index (χ3n) is 1.24. The molecule has 1 aromatic heterocycles. The fraction of sp³-hybridized carbons (Fsp3) is 0.500. The molecule has 0 aliphatic carbocycles. The molecule has 2 rings (SSSR count). The van der Waals surface area contributed by atoms with Crippen LogP contribution in [0, 0.1) is 0 Å². The first-order chi connectivity index (χ1) is 5.17. The standard InChI is InChI=1S/C6H7N3O2/c1-6(2)10-4-5(11-6)9-8-3-7-4/h3H,1-2H3. The Morgan fingerprint density at radius 1 is 1.27 bits per heavy atom. The highest BCUT2D eigenvalue weighted by Crippen LogP contribution is 2.33. The second-order valence-electron chi connectivity index (χ2n) is 2.67. The van der Waals surface area contributed by atoms with E-state index in [0.29, 0.717) is 11.8 Å². The van der Waals surface area contributed by atoms with Gasteiger partial charge in [-0.3, -0.25) is 0 Å². The summed E-state index contributed by atoms with van der Waals surface area (Å²) < 4.78 is 10.5. The van der Waals surface area contributed by atoms with Crippen molar-refractivity contribution < 1.29 is 9.47 Å². The van der Waals surface area contributed by atoms with E-state index in [1.807, 2.05) is 0 Å². The molecule has 0 atom stereocenters. The lowest BCUT2D eigenvalue weighted by molar-refractivity contribution is -0.0466. The van der Waals surface area contributed by atoms with E-state index in [-0.39, 0.29) is 0 Å². The molecule has 1 aliphatic rings. The molecule has 5 heteroatoms. The molecule has 58 valence electrons. The van der Waals surface area contributed by atoms with Crippen molar-refractivity contribution in [3.8, 4) is 11.8 Å². The van der Waals surface area contributed by atoms with Crippen LogP contribution >= 0.6 is 0 Å². The minimum Gasteiger partial charge on any atom is -0.431 e. The zero-order valence-corrected chi connectivity index (χ0v) is 6.24. The number of fused-ring (bicyclic) bond motifs is 1. The Morgan fingerprint density at radius 3 is 2.73 bits per heavy atom. The summed E-state index contributed by atoms with van der Waals surface area (Å²) in [6.07, 6.45) is 1.32. The topological polar surface area (TPSA) is 57.1 Å². The van der Waals surface area contributed by atoms with Crippen molar-refractivity contribution in [1.82, 2.24) is 15.2 Å². The molecule has 0 unspecified atom stereocenters. The SMILES string of the molecule is CC1(C)Oc2ncnnc2O1. The molecule has 0 bridgehead atoms. The summed E-state index contributed by atoms with van der Waals surface area (Å²) in [5, 5.41) is 7.25. The summed E-state index contributed by atoms with van der Waals surface area (Å²) in [6, 6.07) is 0. The van der Waals surface area contributed by atoms with Gasteiger partial charge in [-0.1, -0.05) is 0 Å². The van der Waals surface area contributed by atoms with E-state index < -0.39 is 5.79 Å². The number of nitrogens with zero attached hydrogens (tertiary/aromatic N) is 3. The number of hydrogen-bond acceptors (Lipinski definition) is 5. The molecule has 1 aliphatic heterocycles. The Kier molecular flexibility index (Phi) is 1.04. The van der Waals surface area contributed by atoms with E-state index in [4.69, 9.17) is 9.47 Å². The molecule has 0 aromatic carbocycles. The van der Waals surface area contributed by atoms with E-state index in [0.717, 1.165) is 0 Å². The maximum absolute atomic E-state index is 5.26. The molecule has 2 heterocycles. The highest BCUT2D eigenvalue weighted by atomic mass is 16.7. The van der Waals surface area contributed by atoms with E-state index in [9.17, 15) is 0 Å². The molecule has 0 fully saturated rings. The van der Waals surface area contributed by atoms with Gasteiger partial charge in [0.05, 0.1) is 0 Å². The lowest BCUT2D eigenvalue weighted by Crippen LogP contribution is -2.30. The van der Waals surface area contributed by atoms with E-state index >= 15 is 0 Å². The summed E-state index contributed by atoms with van der Waals surface area (Å²) in [7, 11) is 0. The molecular formula is C6H7N3O2. The maximum Gasteiger partial charge on any atom is 0.300 e. The van der Waals surface area contributed by atoms with Crippen LogP contribution in [0.1, 0.15) is 13.8 Å². The second-order valence-corrected chi connectivity index (χ2v) is 2.67. The Bertz CT molecular complexity index is 260. The van der Waals surface area contributed by atoms with Gasteiger partial charge >= 0.3 is 5.88 Å². The molecule has 0 saturated carbocycles. The van der Waals surface area contributed by atoms with Gasteiger partial charge in [-0.05, 0) is 0 Å². The lowest BCUT2D eigenvalue weighted by Gasteiger charge is -2.14. The van der Waals surface area contributed by atoms with Crippen LogP contribution in [0.25, 0.3) is 0 Å². The average Bonchev–Trinajstić information content (AvgIpc) is 2.21. The van der Waals surface area contributed by atoms with E-state index in [1.165, 1.54) is 6.33 Å². The Balaban J connectivity index is 2.41. The largest absolute Gasteiger partial charge is 0.431 e. The van der Waals surface area contributed by atoms with Crippen molar-refractivity contribution >= 4 is 0 Å². The van der Waals surface area contributed by atoms with Gasteiger partial charge < -0.3 is 9.47 Å². The van der Waals surface area contributed by atoms with Crippen LogP contribution in [0.3, 0.4) is 0 Å². The van der Waals surface area contributed by atoms with Crippen molar-refractivity contribution in [3.63, 3.8) is 0 Å². The van der Waals surface area contributed by atoms with Crippen molar-refractivity contribution in [2.75, 3.05) is 0 Å². The van der Waals surface area contributed by atoms with Gasteiger partial charge in [-0.2, -0.15) is 4.98 Å². The van der Waals surface area contributed by atoms with Gasteiger partial charge in [0.25, 0.3) is 5.88 Å². The van der Waals surface area contributed by atoms with E-state index in [2.05, 4.69) is 15.2 Å². The maximum atomic E-state index is 5.26. The Labute approximate surface area is 63.4 Å². The molecule has 0 radical (unpaired) electrons. The first kappa shape index (κ1) is 6.33. The van der Waals surface area contributed by atoms with Gasteiger partial charge in [-0.15, -0.1) is 10.2 Å². The molecular weight excluding hydrogens is 146 g/mol. The first-order valence-corrected chi connectivity index (χ1v) is 3.23. The number of hydrogen-bond donors (Lipinski definition) is 0. The molecule has 0 amide bonds. The molecule has 11 heavy (non-hydrogen) atoms. The van der Waals surface area contributed by atoms with Gasteiger partial charge in [0.15, 0.2) is 0 Å². The summed E-state index contributed by atoms with van der Waals surface area (Å²) >= 11 is 0. The van der Waals surface area contributed by atoms with Crippen LogP contribution in [0.5, 0.6) is 11.8 Å². The molecule has 0 N–H and O–H groups in total. The molecule has 0 spiro atoms. The van der Waals surface area contributed by atoms with Crippen LogP contribution in [0.15, 0.2) is 6.33 Å². The normalized spacial score (nSPS) is 18.4. The summed E-state index contributed by atoms with van der Waals surface area (Å²) in [5.41, 5.74) is 0. The summed E-state index contributed by atoms with van der Waals surface area (Å²) in [5.74, 6) is 0.105. The third kappa shape index (κ3) is 0.978. The van der Waals surface area contributed by atoms with Crippen LogP contribution in [0.4, 0.5) is 0 Å². The van der Waals surface area contributed by atoms with Gasteiger partial charge in [0.1, 0.15) is 6.33 Å². The van der Waals surface area contributed by atoms with Crippen LogP contribution in [-0.4, -0.2) is 21.0 Å². The third-order valence-corrected chi connectivity index (χ3v) is 1.24. The van der Waals surface area contributed by atoms with Crippen LogP contribution in [0.2, 0.25) is 0 Å². The smallest absolute Gasteiger partial charge is 0.300 e. The first-order valence-electron chi connectivity index (χ1n) is 3.23. The Hall–Kier alpha value is -1.39. The monoisotopic (exact) mass is 153 g/mol. The minimum absolute atomic E-state index is 0.359. The molecule has 0 saturated heterocycles. The van der Waals surface area contributed by atoms with Gasteiger partial charge in [-0.25, -0.2) is 0 Å². The average molecular weight is 153 g/mol. The fourth-order valence-electron chi connectivity index (χ4n) is 0.875.